The number of carbonyl (C=O) groups is 1. The maximum atomic E-state index is 12.6. The van der Waals surface area contributed by atoms with Crippen LogP contribution < -0.4 is 4.72 Å². The van der Waals surface area contributed by atoms with Gasteiger partial charge in [0, 0.05) is 30.8 Å². The predicted molar refractivity (Wildman–Crippen MR) is 104 cm³/mol. The molecule has 1 aromatic heterocycles. The van der Waals surface area contributed by atoms with Crippen LogP contribution in [0.5, 0.6) is 0 Å². The fourth-order valence-electron chi connectivity index (χ4n) is 2.86. The second-order valence-electron chi connectivity index (χ2n) is 6.04. The number of hydrogen-bond donors (Lipinski definition) is 1. The summed E-state index contributed by atoms with van der Waals surface area (Å²) in [5, 5.41) is 12.7. The van der Waals surface area contributed by atoms with Gasteiger partial charge in [0.05, 0.1) is 9.40 Å². The van der Waals surface area contributed by atoms with E-state index in [0.717, 1.165) is 11.3 Å². The normalized spacial score (nSPS) is 15.7. The second kappa shape index (κ2) is 8.05. The Kier molecular flexibility index (Phi) is 5.94. The first kappa shape index (κ1) is 19.9. The number of nitrogens with zero attached hydrogens (tertiary/aromatic N) is 2. The zero-order valence-corrected chi connectivity index (χ0v) is 17.2. The van der Waals surface area contributed by atoms with Crippen molar-refractivity contribution >= 4 is 48.9 Å². The number of piperidine rings is 1. The number of hydrogen-bond acceptors (Lipinski definition) is 6. The minimum atomic E-state index is -3.54. The first-order chi connectivity index (χ1) is 12.8. The SMILES string of the molecule is O=C(c1ccc(Br)c([N+](=O)[O-])c1)N1CCC(NS(=O)(=O)c2cccs2)CC1. The van der Waals surface area contributed by atoms with Gasteiger partial charge in [0.15, 0.2) is 0 Å². The predicted octanol–water partition coefficient (Wildman–Crippen LogP) is 3.00. The Labute approximate surface area is 168 Å². The Hall–Kier alpha value is -1.82. The molecule has 1 saturated heterocycles. The van der Waals surface area contributed by atoms with Gasteiger partial charge in [0.25, 0.3) is 11.6 Å². The Bertz CT molecular complexity index is 954. The first-order valence-electron chi connectivity index (χ1n) is 8.07. The molecule has 1 aromatic carbocycles. The molecular weight excluding hydrogens is 458 g/mol. The van der Waals surface area contributed by atoms with Crippen LogP contribution in [0.1, 0.15) is 23.2 Å². The van der Waals surface area contributed by atoms with Gasteiger partial charge in [0.2, 0.25) is 10.0 Å². The Morgan fingerprint density at radius 1 is 1.30 bits per heavy atom. The van der Waals surface area contributed by atoms with Crippen molar-refractivity contribution in [3.63, 3.8) is 0 Å². The molecule has 0 spiro atoms. The lowest BCUT2D eigenvalue weighted by atomic mass is 10.0. The molecule has 1 fully saturated rings. The van der Waals surface area contributed by atoms with E-state index < -0.39 is 14.9 Å². The van der Waals surface area contributed by atoms with Crippen LogP contribution in [-0.2, 0) is 10.0 Å². The summed E-state index contributed by atoms with van der Waals surface area (Å²) in [4.78, 5) is 24.7. The molecule has 11 heteroatoms. The fraction of sp³-hybridized carbons (Fsp3) is 0.312. The van der Waals surface area contributed by atoms with Gasteiger partial charge in [-0.05, 0) is 52.4 Å². The van der Waals surface area contributed by atoms with Gasteiger partial charge in [-0.1, -0.05) is 6.07 Å². The van der Waals surface area contributed by atoms with Crippen molar-refractivity contribution in [3.05, 3.63) is 55.9 Å². The highest BCUT2D eigenvalue weighted by Crippen LogP contribution is 2.27. The van der Waals surface area contributed by atoms with Gasteiger partial charge >= 0.3 is 0 Å². The van der Waals surface area contributed by atoms with Crippen LogP contribution in [-0.4, -0.2) is 43.3 Å². The van der Waals surface area contributed by atoms with E-state index in [4.69, 9.17) is 0 Å². The van der Waals surface area contributed by atoms with E-state index in [1.165, 1.54) is 18.2 Å². The smallest absolute Gasteiger partial charge is 0.284 e. The number of rotatable bonds is 5. The third-order valence-electron chi connectivity index (χ3n) is 4.25. The average Bonchev–Trinajstić information content (AvgIpc) is 3.17. The molecule has 144 valence electrons. The molecule has 1 aliphatic rings. The minimum Gasteiger partial charge on any atom is -0.339 e. The molecule has 27 heavy (non-hydrogen) atoms. The largest absolute Gasteiger partial charge is 0.339 e. The number of benzene rings is 1. The lowest BCUT2D eigenvalue weighted by molar-refractivity contribution is -0.385. The van der Waals surface area contributed by atoms with E-state index in [1.54, 1.807) is 22.4 Å². The molecule has 0 aliphatic carbocycles. The molecule has 0 unspecified atom stereocenters. The summed E-state index contributed by atoms with van der Waals surface area (Å²) >= 11 is 4.25. The highest BCUT2D eigenvalue weighted by atomic mass is 79.9. The van der Waals surface area contributed by atoms with Gasteiger partial charge in [-0.2, -0.15) is 0 Å². The van der Waals surface area contributed by atoms with Crippen LogP contribution >= 0.6 is 27.3 Å². The number of nitro benzene ring substituents is 1. The van der Waals surface area contributed by atoms with Gasteiger partial charge in [-0.25, -0.2) is 13.1 Å². The lowest BCUT2D eigenvalue weighted by Gasteiger charge is -2.32. The van der Waals surface area contributed by atoms with E-state index in [2.05, 4.69) is 20.7 Å². The summed E-state index contributed by atoms with van der Waals surface area (Å²) in [5.74, 6) is -0.301. The Balaban J connectivity index is 1.63. The third-order valence-corrected chi connectivity index (χ3v) is 7.84. The van der Waals surface area contributed by atoms with Crippen LogP contribution in [0, 0.1) is 10.1 Å². The number of carbonyl (C=O) groups excluding carboxylic acids is 1. The Morgan fingerprint density at radius 2 is 2.00 bits per heavy atom. The first-order valence-corrected chi connectivity index (χ1v) is 11.2. The maximum absolute atomic E-state index is 12.6. The minimum absolute atomic E-state index is 0.167. The lowest BCUT2D eigenvalue weighted by Crippen LogP contribution is -2.46. The number of thiophene rings is 1. The molecule has 0 atom stereocenters. The molecule has 1 aliphatic heterocycles. The highest BCUT2D eigenvalue weighted by molar-refractivity contribution is 9.10. The summed E-state index contributed by atoms with van der Waals surface area (Å²) in [5.41, 5.74) is 0.0713. The van der Waals surface area contributed by atoms with Crippen molar-refractivity contribution in [3.8, 4) is 0 Å². The standard InChI is InChI=1S/C16H16BrN3O5S2/c17-13-4-3-11(10-14(13)20(22)23)16(21)19-7-5-12(6-8-19)18-27(24,25)15-2-1-9-26-15/h1-4,9-10,12,18H,5-8H2. The summed E-state index contributed by atoms with van der Waals surface area (Å²) in [7, 11) is -3.54. The molecule has 3 rings (SSSR count). The molecule has 0 saturated carbocycles. The summed E-state index contributed by atoms with van der Waals surface area (Å²) < 4.78 is 27.8. The van der Waals surface area contributed by atoms with E-state index >= 15 is 0 Å². The number of amides is 1. The monoisotopic (exact) mass is 473 g/mol. The Morgan fingerprint density at radius 3 is 2.59 bits per heavy atom. The van der Waals surface area contributed by atoms with E-state index in [9.17, 15) is 23.3 Å². The van der Waals surface area contributed by atoms with Crippen molar-refractivity contribution in [1.29, 1.82) is 0 Å². The van der Waals surface area contributed by atoms with E-state index in [1.807, 2.05) is 0 Å². The summed E-state index contributed by atoms with van der Waals surface area (Å²) in [6, 6.07) is 7.24. The topological polar surface area (TPSA) is 110 Å². The van der Waals surface area contributed by atoms with Crippen molar-refractivity contribution in [2.75, 3.05) is 13.1 Å². The molecule has 2 heterocycles. The van der Waals surface area contributed by atoms with Crippen LogP contribution in [0.15, 0.2) is 44.4 Å². The second-order valence-corrected chi connectivity index (χ2v) is 9.79. The van der Waals surface area contributed by atoms with E-state index in [-0.39, 0.29) is 27.4 Å². The van der Waals surface area contributed by atoms with Gasteiger partial charge in [-0.15, -0.1) is 11.3 Å². The zero-order chi connectivity index (χ0) is 19.6. The van der Waals surface area contributed by atoms with Crippen LogP contribution in [0.3, 0.4) is 0 Å². The number of nitro groups is 1. The fourth-order valence-corrected chi connectivity index (χ4v) is 5.57. The number of likely N-dealkylation sites (tertiary alicyclic amines) is 1. The third kappa shape index (κ3) is 4.54. The van der Waals surface area contributed by atoms with Crippen molar-refractivity contribution in [1.82, 2.24) is 9.62 Å². The highest BCUT2D eigenvalue weighted by Gasteiger charge is 2.28. The molecule has 2 aromatic rings. The van der Waals surface area contributed by atoms with Crippen LogP contribution in [0.25, 0.3) is 0 Å². The quantitative estimate of drug-likeness (QED) is 0.529. The average molecular weight is 474 g/mol. The maximum Gasteiger partial charge on any atom is 0.284 e. The molecule has 1 N–H and O–H groups in total. The van der Waals surface area contributed by atoms with Gasteiger partial charge < -0.3 is 4.90 Å². The van der Waals surface area contributed by atoms with Gasteiger partial charge in [-0.3, -0.25) is 14.9 Å². The number of halogens is 1. The van der Waals surface area contributed by atoms with Crippen molar-refractivity contribution in [2.24, 2.45) is 0 Å². The molecule has 8 nitrogen and oxygen atoms in total. The van der Waals surface area contributed by atoms with E-state index in [0.29, 0.717) is 30.4 Å². The van der Waals surface area contributed by atoms with Crippen LogP contribution in [0.2, 0.25) is 0 Å². The molecule has 0 radical (unpaired) electrons. The van der Waals surface area contributed by atoms with Gasteiger partial charge in [0.1, 0.15) is 4.21 Å². The van der Waals surface area contributed by atoms with Crippen molar-refractivity contribution in [2.45, 2.75) is 23.1 Å². The zero-order valence-electron chi connectivity index (χ0n) is 14.0. The number of nitrogens with one attached hydrogen (secondary N) is 1. The molecular formula is C16H16BrN3O5S2. The van der Waals surface area contributed by atoms with Crippen molar-refractivity contribution < 1.29 is 18.1 Å². The molecule has 0 bridgehead atoms. The molecule has 1 amide bonds. The summed E-state index contributed by atoms with van der Waals surface area (Å²) in [6.45, 7) is 0.751. The summed E-state index contributed by atoms with van der Waals surface area (Å²) in [6.07, 6.45) is 0.962. The van der Waals surface area contributed by atoms with Crippen LogP contribution in [0.4, 0.5) is 5.69 Å². The number of sulfonamides is 1.